The first-order valence-electron chi connectivity index (χ1n) is 8.12. The van der Waals surface area contributed by atoms with Crippen LogP contribution in [-0.2, 0) is 4.79 Å². The zero-order valence-corrected chi connectivity index (χ0v) is 13.1. The zero-order chi connectivity index (χ0) is 15.5. The summed E-state index contributed by atoms with van der Waals surface area (Å²) >= 11 is 0. The number of rotatable bonds is 13. The highest BCUT2D eigenvalue weighted by molar-refractivity contribution is 5.66. The lowest BCUT2D eigenvalue weighted by molar-refractivity contribution is -0.137. The van der Waals surface area contributed by atoms with E-state index in [4.69, 9.17) is 15.3 Å². The van der Waals surface area contributed by atoms with Gasteiger partial charge in [-0.05, 0) is 19.3 Å². The summed E-state index contributed by atoms with van der Waals surface area (Å²) < 4.78 is 0. The molecular weight excluding hydrogens is 256 g/mol. The Bertz CT molecular complexity index is 177. The van der Waals surface area contributed by atoms with Gasteiger partial charge < -0.3 is 15.3 Å². The van der Waals surface area contributed by atoms with Gasteiger partial charge in [0, 0.05) is 19.6 Å². The predicted octanol–water partition coefficient (Wildman–Crippen LogP) is 3.74. The number of aliphatic carboxylic acids is 1. The second-order valence-corrected chi connectivity index (χ2v) is 5.13. The summed E-state index contributed by atoms with van der Waals surface area (Å²) in [5, 5.41) is 25.1. The molecular formula is C16H34O4. The molecule has 0 aliphatic heterocycles. The molecule has 20 heavy (non-hydrogen) atoms. The van der Waals surface area contributed by atoms with Crippen LogP contribution in [0.3, 0.4) is 0 Å². The first-order chi connectivity index (χ1) is 9.68. The predicted molar refractivity (Wildman–Crippen MR) is 82.9 cm³/mol. The molecule has 0 aromatic rings. The van der Waals surface area contributed by atoms with Gasteiger partial charge in [-0.3, -0.25) is 4.79 Å². The third-order valence-electron chi connectivity index (χ3n) is 3.06. The van der Waals surface area contributed by atoms with Gasteiger partial charge in [0.05, 0.1) is 0 Å². The second kappa shape index (κ2) is 20.7. The minimum absolute atomic E-state index is 0.305. The molecule has 0 saturated heterocycles. The number of hydrogen-bond acceptors (Lipinski definition) is 3. The van der Waals surface area contributed by atoms with Crippen LogP contribution in [0.1, 0.15) is 84.0 Å². The summed E-state index contributed by atoms with van der Waals surface area (Å²) in [6.45, 7) is 2.79. The first kappa shape index (κ1) is 21.7. The maximum atomic E-state index is 10.1. The molecule has 0 aliphatic carbocycles. The molecule has 0 aliphatic rings. The van der Waals surface area contributed by atoms with E-state index in [1.807, 2.05) is 0 Å². The molecule has 4 nitrogen and oxygen atoms in total. The van der Waals surface area contributed by atoms with E-state index >= 15 is 0 Å². The van der Waals surface area contributed by atoms with Crippen LogP contribution < -0.4 is 0 Å². The molecule has 3 N–H and O–H groups in total. The lowest BCUT2D eigenvalue weighted by Crippen LogP contribution is -1.93. The normalized spacial score (nSPS) is 9.95. The molecule has 0 bridgehead atoms. The van der Waals surface area contributed by atoms with E-state index in [9.17, 15) is 4.79 Å². The van der Waals surface area contributed by atoms with E-state index < -0.39 is 5.97 Å². The van der Waals surface area contributed by atoms with Crippen molar-refractivity contribution < 1.29 is 20.1 Å². The molecule has 4 heteroatoms. The molecule has 0 spiro atoms. The number of aliphatic hydroxyl groups excluding tert-OH is 2. The fourth-order valence-electron chi connectivity index (χ4n) is 1.81. The minimum atomic E-state index is -0.666. The highest BCUT2D eigenvalue weighted by Gasteiger charge is 1.95. The topological polar surface area (TPSA) is 77.8 Å². The van der Waals surface area contributed by atoms with Crippen molar-refractivity contribution in [3.8, 4) is 0 Å². The molecule has 0 fully saturated rings. The van der Waals surface area contributed by atoms with Crippen molar-refractivity contribution >= 4 is 5.97 Å². The van der Waals surface area contributed by atoms with Crippen LogP contribution in [0.2, 0.25) is 0 Å². The zero-order valence-electron chi connectivity index (χ0n) is 13.1. The largest absolute Gasteiger partial charge is 0.481 e. The lowest BCUT2D eigenvalue weighted by atomic mass is 10.1. The van der Waals surface area contributed by atoms with Crippen LogP contribution in [0.15, 0.2) is 0 Å². The Balaban J connectivity index is 0. The van der Waals surface area contributed by atoms with Gasteiger partial charge in [-0.25, -0.2) is 0 Å². The van der Waals surface area contributed by atoms with Crippen LogP contribution in [-0.4, -0.2) is 34.5 Å². The van der Waals surface area contributed by atoms with E-state index in [0.29, 0.717) is 19.6 Å². The molecule has 0 unspecified atom stereocenters. The highest BCUT2D eigenvalue weighted by Crippen LogP contribution is 2.06. The maximum Gasteiger partial charge on any atom is 0.303 e. The summed E-state index contributed by atoms with van der Waals surface area (Å²) in [5.74, 6) is -0.666. The second-order valence-electron chi connectivity index (χ2n) is 5.13. The van der Waals surface area contributed by atoms with Gasteiger partial charge in [0.2, 0.25) is 0 Å². The van der Waals surface area contributed by atoms with Crippen molar-refractivity contribution in [2.45, 2.75) is 84.0 Å². The number of carboxylic acid groups (broad SMARTS) is 1. The van der Waals surface area contributed by atoms with Gasteiger partial charge in [-0.1, -0.05) is 58.3 Å². The van der Waals surface area contributed by atoms with Crippen LogP contribution in [0.5, 0.6) is 0 Å². The number of unbranched alkanes of at least 4 members (excludes halogenated alkanes) is 9. The molecule has 0 amide bonds. The first-order valence-corrected chi connectivity index (χ1v) is 8.12. The Labute approximate surface area is 124 Å². The Hall–Kier alpha value is -0.610. The van der Waals surface area contributed by atoms with Crippen molar-refractivity contribution in [1.29, 1.82) is 0 Å². The van der Waals surface area contributed by atoms with Crippen LogP contribution in [0.4, 0.5) is 0 Å². The smallest absolute Gasteiger partial charge is 0.303 e. The molecule has 0 atom stereocenters. The van der Waals surface area contributed by atoms with Crippen molar-refractivity contribution in [1.82, 2.24) is 0 Å². The van der Waals surface area contributed by atoms with E-state index in [2.05, 4.69) is 6.92 Å². The van der Waals surface area contributed by atoms with Gasteiger partial charge in [-0.15, -0.1) is 0 Å². The van der Waals surface area contributed by atoms with Crippen LogP contribution in [0.25, 0.3) is 0 Å². The van der Waals surface area contributed by atoms with Gasteiger partial charge in [-0.2, -0.15) is 0 Å². The Morgan fingerprint density at radius 3 is 1.50 bits per heavy atom. The lowest BCUT2D eigenvalue weighted by Gasteiger charge is -1.97. The minimum Gasteiger partial charge on any atom is -0.481 e. The van der Waals surface area contributed by atoms with Gasteiger partial charge >= 0.3 is 5.97 Å². The van der Waals surface area contributed by atoms with Crippen molar-refractivity contribution in [3.63, 3.8) is 0 Å². The molecule has 0 aromatic carbocycles. The van der Waals surface area contributed by atoms with Crippen LogP contribution >= 0.6 is 0 Å². The molecule has 0 radical (unpaired) electrons. The quantitative estimate of drug-likeness (QED) is 0.451. The third kappa shape index (κ3) is 26.1. The van der Waals surface area contributed by atoms with Gasteiger partial charge in [0.25, 0.3) is 0 Å². The summed E-state index contributed by atoms with van der Waals surface area (Å²) in [7, 11) is 0. The number of carbonyl (C=O) groups is 1. The molecule has 122 valence electrons. The van der Waals surface area contributed by atoms with E-state index in [1.54, 1.807) is 0 Å². The molecule has 0 aromatic heterocycles. The third-order valence-corrected chi connectivity index (χ3v) is 3.06. The van der Waals surface area contributed by atoms with E-state index in [1.165, 1.54) is 25.7 Å². The standard InChI is InChI=1S/C9H18O2.C7H16O2/c1-2-3-4-5-6-7-8-9(10)11;8-6-4-2-1-3-5-7-9/h2-8H2,1H3,(H,10,11);8-9H,1-7H2. The fraction of sp³-hybridized carbons (Fsp3) is 0.938. The summed E-state index contributed by atoms with van der Waals surface area (Å²) in [5.41, 5.74) is 0. The Morgan fingerprint density at radius 1 is 0.700 bits per heavy atom. The van der Waals surface area contributed by atoms with Crippen molar-refractivity contribution in [2.24, 2.45) is 0 Å². The van der Waals surface area contributed by atoms with Crippen molar-refractivity contribution in [2.75, 3.05) is 13.2 Å². The molecule has 0 saturated carbocycles. The maximum absolute atomic E-state index is 10.1. The Kier molecular flexibility index (Phi) is 22.4. The summed E-state index contributed by atoms with van der Waals surface area (Å²) in [4.78, 5) is 10.1. The van der Waals surface area contributed by atoms with Crippen LogP contribution in [0, 0.1) is 0 Å². The Morgan fingerprint density at radius 2 is 1.10 bits per heavy atom. The van der Waals surface area contributed by atoms with E-state index in [-0.39, 0.29) is 0 Å². The van der Waals surface area contributed by atoms with Gasteiger partial charge in [0.15, 0.2) is 0 Å². The molecule has 0 rings (SSSR count). The fourth-order valence-corrected chi connectivity index (χ4v) is 1.81. The highest BCUT2D eigenvalue weighted by atomic mass is 16.4. The molecule has 0 heterocycles. The van der Waals surface area contributed by atoms with Crippen molar-refractivity contribution in [3.05, 3.63) is 0 Å². The van der Waals surface area contributed by atoms with E-state index in [0.717, 1.165) is 44.9 Å². The average molecular weight is 290 g/mol. The number of aliphatic hydroxyl groups is 2. The summed E-state index contributed by atoms with van der Waals surface area (Å²) in [6.07, 6.45) is 12.4. The average Bonchev–Trinajstić information content (AvgIpc) is 2.43. The number of carboxylic acids is 1. The SMILES string of the molecule is CCCCCCCCC(=O)O.OCCCCCCCO. The monoisotopic (exact) mass is 290 g/mol. The number of hydrogen-bond donors (Lipinski definition) is 3. The van der Waals surface area contributed by atoms with Gasteiger partial charge in [0.1, 0.15) is 0 Å². The summed E-state index contributed by atoms with van der Waals surface area (Å²) in [6, 6.07) is 0.